The zero-order valence-electron chi connectivity index (χ0n) is 18.6. The van der Waals surface area contributed by atoms with Gasteiger partial charge in [-0.1, -0.05) is 13.8 Å². The van der Waals surface area contributed by atoms with Crippen molar-refractivity contribution in [2.75, 3.05) is 58.9 Å². The average Bonchev–Trinajstić information content (AvgIpc) is 3.27. The molecule has 0 aromatic heterocycles. The second kappa shape index (κ2) is 10.3. The first-order valence-electron chi connectivity index (χ1n) is 11.5. The van der Waals surface area contributed by atoms with Gasteiger partial charge in [-0.15, -0.1) is 0 Å². The number of rotatable bonds is 7. The molecule has 160 valence electrons. The zero-order chi connectivity index (χ0) is 20.8. The Balaban J connectivity index is 1.57. The Morgan fingerprint density at radius 2 is 1.72 bits per heavy atom. The van der Waals surface area contributed by atoms with Gasteiger partial charge in [0.05, 0.1) is 12.6 Å². The molecule has 0 aliphatic carbocycles. The highest BCUT2D eigenvalue weighted by Gasteiger charge is 2.30. The quantitative estimate of drug-likeness (QED) is 0.487. The van der Waals surface area contributed by atoms with Gasteiger partial charge in [-0.05, 0) is 51.0 Å². The molecule has 0 aromatic carbocycles. The highest BCUT2D eigenvalue weighted by atomic mass is 15.4. The van der Waals surface area contributed by atoms with Crippen molar-refractivity contribution < 1.29 is 0 Å². The smallest absolute Gasteiger partial charge is 0.300 e. The van der Waals surface area contributed by atoms with Crippen molar-refractivity contribution >= 4 is 0 Å². The van der Waals surface area contributed by atoms with E-state index in [4.69, 9.17) is 6.57 Å². The van der Waals surface area contributed by atoms with Crippen molar-refractivity contribution in [1.82, 2.24) is 19.6 Å². The summed E-state index contributed by atoms with van der Waals surface area (Å²) >= 11 is 0. The summed E-state index contributed by atoms with van der Waals surface area (Å²) in [5, 5.41) is 9.55. The molecule has 6 nitrogen and oxygen atoms in total. The number of allylic oxidation sites excluding steroid dienone is 1. The van der Waals surface area contributed by atoms with E-state index >= 15 is 0 Å². The van der Waals surface area contributed by atoms with Crippen LogP contribution >= 0.6 is 0 Å². The standard InChI is InChI=1S/C23H38N6/c1-19-15-20(2)18-26(17-19)11-12-29-14-13-28(23(29)22(16-24)25-4)10-6-9-27-8-5-7-21(27)3/h19-21H,5-15,17-18H2,1-3H3/b23-22+/t19-,20+,21?. The summed E-state index contributed by atoms with van der Waals surface area (Å²) in [5.41, 5.74) is 0.262. The highest BCUT2D eigenvalue weighted by molar-refractivity contribution is 5.33. The van der Waals surface area contributed by atoms with E-state index in [1.165, 1.54) is 38.9 Å². The predicted octanol–water partition coefficient (Wildman–Crippen LogP) is 3.07. The Morgan fingerprint density at radius 1 is 1.03 bits per heavy atom. The molecule has 3 aliphatic heterocycles. The molecule has 29 heavy (non-hydrogen) atoms. The number of piperidine rings is 1. The van der Waals surface area contributed by atoms with E-state index in [0.717, 1.165) is 63.3 Å². The van der Waals surface area contributed by atoms with E-state index in [-0.39, 0.29) is 5.70 Å². The summed E-state index contributed by atoms with van der Waals surface area (Å²) in [5.74, 6) is 2.40. The lowest BCUT2D eigenvalue weighted by molar-refractivity contribution is 0.130. The van der Waals surface area contributed by atoms with Crippen LogP contribution in [0.2, 0.25) is 0 Å². The first-order chi connectivity index (χ1) is 14.0. The van der Waals surface area contributed by atoms with Gasteiger partial charge in [-0.2, -0.15) is 0 Å². The van der Waals surface area contributed by atoms with Crippen LogP contribution in [-0.2, 0) is 0 Å². The van der Waals surface area contributed by atoms with Gasteiger partial charge < -0.3 is 19.6 Å². The average molecular weight is 399 g/mol. The molecule has 0 radical (unpaired) electrons. The van der Waals surface area contributed by atoms with Crippen LogP contribution in [0.3, 0.4) is 0 Å². The normalized spacial score (nSPS) is 30.4. The molecule has 0 saturated carbocycles. The minimum absolute atomic E-state index is 0.262. The van der Waals surface area contributed by atoms with Gasteiger partial charge in [0.25, 0.3) is 0 Å². The molecule has 3 heterocycles. The summed E-state index contributed by atoms with van der Waals surface area (Å²) in [6, 6.07) is 2.86. The zero-order valence-corrected chi connectivity index (χ0v) is 18.6. The van der Waals surface area contributed by atoms with Gasteiger partial charge in [0.15, 0.2) is 0 Å². The predicted molar refractivity (Wildman–Crippen MR) is 117 cm³/mol. The Kier molecular flexibility index (Phi) is 7.81. The molecule has 3 aliphatic rings. The number of hydrogen-bond donors (Lipinski definition) is 0. The fourth-order valence-corrected chi connectivity index (χ4v) is 5.54. The van der Waals surface area contributed by atoms with Gasteiger partial charge >= 0.3 is 5.70 Å². The van der Waals surface area contributed by atoms with Crippen LogP contribution in [0.4, 0.5) is 0 Å². The highest BCUT2D eigenvalue weighted by Crippen LogP contribution is 2.25. The van der Waals surface area contributed by atoms with E-state index in [9.17, 15) is 5.26 Å². The largest absolute Gasteiger partial charge is 0.365 e. The Labute approximate surface area is 177 Å². The Bertz CT molecular complexity index is 633. The van der Waals surface area contributed by atoms with Gasteiger partial charge in [-0.3, -0.25) is 0 Å². The molecule has 3 atom stereocenters. The summed E-state index contributed by atoms with van der Waals surface area (Å²) in [6.45, 7) is 23.9. The minimum atomic E-state index is 0.262. The first kappa shape index (κ1) is 21.9. The van der Waals surface area contributed by atoms with Crippen molar-refractivity contribution in [2.45, 2.75) is 52.5 Å². The summed E-state index contributed by atoms with van der Waals surface area (Å²) in [4.78, 5) is 13.3. The molecule has 0 N–H and O–H groups in total. The fourth-order valence-electron chi connectivity index (χ4n) is 5.54. The monoisotopic (exact) mass is 398 g/mol. The maximum atomic E-state index is 9.55. The van der Waals surface area contributed by atoms with Crippen LogP contribution in [0.5, 0.6) is 0 Å². The molecule has 3 saturated heterocycles. The van der Waals surface area contributed by atoms with Crippen LogP contribution < -0.4 is 0 Å². The molecule has 0 aromatic rings. The number of hydrogen-bond acceptors (Lipinski definition) is 5. The van der Waals surface area contributed by atoms with Gasteiger partial charge in [0, 0.05) is 58.4 Å². The maximum Gasteiger partial charge on any atom is 0.300 e. The molecule has 0 amide bonds. The first-order valence-corrected chi connectivity index (χ1v) is 11.5. The van der Waals surface area contributed by atoms with E-state index in [0.29, 0.717) is 6.04 Å². The topological polar surface area (TPSA) is 41.1 Å². The van der Waals surface area contributed by atoms with Gasteiger partial charge in [-0.25, -0.2) is 10.1 Å². The van der Waals surface area contributed by atoms with Crippen LogP contribution in [0, 0.1) is 29.7 Å². The molecule has 6 heteroatoms. The van der Waals surface area contributed by atoms with Crippen molar-refractivity contribution in [3.8, 4) is 6.07 Å². The summed E-state index contributed by atoms with van der Waals surface area (Å²) in [7, 11) is 0. The molecular weight excluding hydrogens is 360 g/mol. The van der Waals surface area contributed by atoms with Crippen molar-refractivity contribution in [3.05, 3.63) is 22.9 Å². The van der Waals surface area contributed by atoms with Crippen molar-refractivity contribution in [3.63, 3.8) is 0 Å². The van der Waals surface area contributed by atoms with Crippen LogP contribution in [0.1, 0.15) is 46.5 Å². The summed E-state index contributed by atoms with van der Waals surface area (Å²) in [6.07, 6.45) is 5.05. The van der Waals surface area contributed by atoms with Crippen LogP contribution in [0.15, 0.2) is 11.5 Å². The van der Waals surface area contributed by atoms with Crippen LogP contribution in [-0.4, -0.2) is 84.5 Å². The molecule has 3 rings (SSSR count). The van der Waals surface area contributed by atoms with E-state index in [1.807, 2.05) is 0 Å². The second-order valence-electron chi connectivity index (χ2n) is 9.46. The second-order valence-corrected chi connectivity index (χ2v) is 9.46. The Hall–Kier alpha value is -1.76. The van der Waals surface area contributed by atoms with E-state index < -0.39 is 0 Å². The lowest BCUT2D eigenvalue weighted by Gasteiger charge is -2.36. The molecule has 3 fully saturated rings. The van der Waals surface area contributed by atoms with E-state index in [2.05, 4.69) is 51.3 Å². The molecular formula is C23H38N6. The summed E-state index contributed by atoms with van der Waals surface area (Å²) < 4.78 is 0. The van der Waals surface area contributed by atoms with Crippen LogP contribution in [0.25, 0.3) is 4.85 Å². The molecule has 0 bridgehead atoms. The fraction of sp³-hybridized carbons (Fsp3) is 0.826. The van der Waals surface area contributed by atoms with Crippen molar-refractivity contribution in [1.29, 1.82) is 5.26 Å². The lowest BCUT2D eigenvalue weighted by atomic mass is 9.92. The number of nitriles is 1. The van der Waals surface area contributed by atoms with Crippen molar-refractivity contribution in [2.24, 2.45) is 11.8 Å². The maximum absolute atomic E-state index is 9.55. The SMILES string of the molecule is [C-]#[N+]/C(C#N)=C1\N(CCCN2CCCC2C)CCN1CCN1C[C@H](C)C[C@H](C)C1. The van der Waals surface area contributed by atoms with Gasteiger partial charge in [0.2, 0.25) is 0 Å². The third-order valence-electron chi connectivity index (χ3n) is 6.86. The minimum Gasteiger partial charge on any atom is -0.365 e. The third-order valence-corrected chi connectivity index (χ3v) is 6.86. The number of nitrogens with zero attached hydrogens (tertiary/aromatic N) is 6. The lowest BCUT2D eigenvalue weighted by Crippen LogP contribution is -2.42. The molecule has 1 unspecified atom stereocenters. The third kappa shape index (κ3) is 5.65. The number of likely N-dealkylation sites (tertiary alicyclic amines) is 2. The molecule has 0 spiro atoms. The van der Waals surface area contributed by atoms with E-state index in [1.54, 1.807) is 0 Å². The van der Waals surface area contributed by atoms with Gasteiger partial charge in [0.1, 0.15) is 5.82 Å². The Morgan fingerprint density at radius 3 is 2.31 bits per heavy atom.